The molecule has 1 aliphatic rings. The third-order valence-electron chi connectivity index (χ3n) is 5.35. The van der Waals surface area contributed by atoms with Crippen LogP contribution >= 0.6 is 0 Å². The van der Waals surface area contributed by atoms with Crippen LogP contribution in [0.2, 0.25) is 0 Å². The van der Waals surface area contributed by atoms with Crippen molar-refractivity contribution in [2.75, 3.05) is 13.1 Å². The second-order valence-corrected chi connectivity index (χ2v) is 7.02. The molecule has 1 N–H and O–H groups in total. The Bertz CT molecular complexity index is 435. The zero-order valence-corrected chi connectivity index (χ0v) is 14.4. The third-order valence-corrected chi connectivity index (χ3v) is 5.35. The van der Waals surface area contributed by atoms with Crippen LogP contribution in [0.5, 0.6) is 0 Å². The standard InChI is InChI=1S/C20H33N/c1-5-11-21-14-18-10-9-17(6-2)13-20(18)19-12-15(3)7-8-16(19)4/h7-8,12,17-18,20-21H,5-6,9-11,13-14H2,1-4H3. The first kappa shape index (κ1) is 16.5. The van der Waals surface area contributed by atoms with Crippen molar-refractivity contribution in [2.24, 2.45) is 11.8 Å². The summed E-state index contributed by atoms with van der Waals surface area (Å²) in [6, 6.07) is 7.02. The summed E-state index contributed by atoms with van der Waals surface area (Å²) in [5, 5.41) is 3.67. The lowest BCUT2D eigenvalue weighted by Crippen LogP contribution is -2.32. The Hall–Kier alpha value is -0.820. The average Bonchev–Trinajstić information content (AvgIpc) is 2.50. The van der Waals surface area contributed by atoms with Crippen molar-refractivity contribution in [1.29, 1.82) is 0 Å². The van der Waals surface area contributed by atoms with Gasteiger partial charge in [-0.05, 0) is 75.1 Å². The number of rotatable bonds is 6. The molecule has 118 valence electrons. The smallest absolute Gasteiger partial charge is 0.00147 e. The third kappa shape index (κ3) is 4.32. The summed E-state index contributed by atoms with van der Waals surface area (Å²) < 4.78 is 0. The molecule has 0 saturated heterocycles. The zero-order chi connectivity index (χ0) is 15.2. The predicted octanol–water partition coefficient (Wildman–Crippen LogP) is 5.21. The highest BCUT2D eigenvalue weighted by atomic mass is 14.9. The van der Waals surface area contributed by atoms with E-state index in [1.807, 2.05) is 0 Å². The van der Waals surface area contributed by atoms with Crippen molar-refractivity contribution in [3.05, 3.63) is 34.9 Å². The van der Waals surface area contributed by atoms with Gasteiger partial charge in [0, 0.05) is 0 Å². The van der Waals surface area contributed by atoms with Crippen molar-refractivity contribution in [1.82, 2.24) is 5.32 Å². The van der Waals surface area contributed by atoms with Gasteiger partial charge in [-0.25, -0.2) is 0 Å². The van der Waals surface area contributed by atoms with Gasteiger partial charge in [0.05, 0.1) is 0 Å². The van der Waals surface area contributed by atoms with Gasteiger partial charge in [-0.2, -0.15) is 0 Å². The number of hydrogen-bond acceptors (Lipinski definition) is 1. The fourth-order valence-electron chi connectivity index (χ4n) is 3.94. The van der Waals surface area contributed by atoms with E-state index in [2.05, 4.69) is 51.2 Å². The molecule has 1 aliphatic carbocycles. The van der Waals surface area contributed by atoms with Crippen LogP contribution in [0.4, 0.5) is 0 Å². The Kier molecular flexibility index (Phi) is 6.29. The number of benzene rings is 1. The fraction of sp³-hybridized carbons (Fsp3) is 0.700. The Morgan fingerprint density at radius 1 is 1.14 bits per heavy atom. The molecule has 3 unspecified atom stereocenters. The van der Waals surface area contributed by atoms with E-state index >= 15 is 0 Å². The van der Waals surface area contributed by atoms with Gasteiger partial charge in [0.15, 0.2) is 0 Å². The van der Waals surface area contributed by atoms with Gasteiger partial charge in [-0.3, -0.25) is 0 Å². The van der Waals surface area contributed by atoms with E-state index in [0.717, 1.165) is 24.3 Å². The summed E-state index contributed by atoms with van der Waals surface area (Å²) in [5.41, 5.74) is 4.52. The largest absolute Gasteiger partial charge is 0.316 e. The van der Waals surface area contributed by atoms with Crippen LogP contribution in [-0.4, -0.2) is 13.1 Å². The minimum atomic E-state index is 0.757. The highest BCUT2D eigenvalue weighted by Crippen LogP contribution is 2.42. The van der Waals surface area contributed by atoms with Crippen LogP contribution in [0.3, 0.4) is 0 Å². The van der Waals surface area contributed by atoms with E-state index < -0.39 is 0 Å². The van der Waals surface area contributed by atoms with Gasteiger partial charge in [0.2, 0.25) is 0 Å². The van der Waals surface area contributed by atoms with Crippen LogP contribution in [-0.2, 0) is 0 Å². The highest BCUT2D eigenvalue weighted by molar-refractivity contribution is 5.34. The molecule has 1 fully saturated rings. The lowest BCUT2D eigenvalue weighted by atomic mass is 9.69. The Balaban J connectivity index is 2.17. The predicted molar refractivity (Wildman–Crippen MR) is 92.9 cm³/mol. The molecule has 0 amide bonds. The van der Waals surface area contributed by atoms with E-state index in [1.54, 1.807) is 5.56 Å². The SMILES string of the molecule is CCCNCC1CCC(CC)CC1c1cc(C)ccc1C. The van der Waals surface area contributed by atoms with Crippen LogP contribution in [0, 0.1) is 25.7 Å². The molecule has 1 nitrogen and oxygen atoms in total. The van der Waals surface area contributed by atoms with E-state index in [-0.39, 0.29) is 0 Å². The number of aryl methyl sites for hydroxylation is 2. The summed E-state index contributed by atoms with van der Waals surface area (Å²) in [6.07, 6.45) is 6.79. The van der Waals surface area contributed by atoms with Crippen molar-refractivity contribution in [2.45, 2.75) is 65.7 Å². The highest BCUT2D eigenvalue weighted by Gasteiger charge is 2.31. The van der Waals surface area contributed by atoms with Gasteiger partial charge in [0.25, 0.3) is 0 Å². The van der Waals surface area contributed by atoms with Gasteiger partial charge in [0.1, 0.15) is 0 Å². The Morgan fingerprint density at radius 2 is 1.95 bits per heavy atom. The van der Waals surface area contributed by atoms with Gasteiger partial charge in [-0.15, -0.1) is 0 Å². The van der Waals surface area contributed by atoms with Crippen LogP contribution in [0.15, 0.2) is 18.2 Å². The van der Waals surface area contributed by atoms with Crippen LogP contribution in [0.1, 0.15) is 68.6 Å². The van der Waals surface area contributed by atoms with Gasteiger partial charge < -0.3 is 5.32 Å². The van der Waals surface area contributed by atoms with E-state index in [4.69, 9.17) is 0 Å². The van der Waals surface area contributed by atoms with E-state index in [9.17, 15) is 0 Å². The molecule has 0 radical (unpaired) electrons. The molecule has 2 rings (SSSR count). The molecule has 1 heteroatoms. The molecule has 0 aliphatic heterocycles. The zero-order valence-electron chi connectivity index (χ0n) is 14.4. The van der Waals surface area contributed by atoms with Crippen LogP contribution < -0.4 is 5.32 Å². The summed E-state index contributed by atoms with van der Waals surface area (Å²) >= 11 is 0. The topological polar surface area (TPSA) is 12.0 Å². The first-order valence-corrected chi connectivity index (χ1v) is 8.93. The molecule has 1 saturated carbocycles. The van der Waals surface area contributed by atoms with Crippen molar-refractivity contribution in [3.63, 3.8) is 0 Å². The average molecular weight is 287 g/mol. The van der Waals surface area contributed by atoms with E-state index in [1.165, 1.54) is 49.8 Å². The molecule has 0 heterocycles. The first-order chi connectivity index (χ1) is 10.2. The Morgan fingerprint density at radius 3 is 2.67 bits per heavy atom. The van der Waals surface area contributed by atoms with Gasteiger partial charge in [-0.1, -0.05) is 50.5 Å². The molecule has 1 aromatic rings. The van der Waals surface area contributed by atoms with Crippen molar-refractivity contribution < 1.29 is 0 Å². The summed E-state index contributed by atoms with van der Waals surface area (Å²) in [4.78, 5) is 0. The fourth-order valence-corrected chi connectivity index (χ4v) is 3.94. The quantitative estimate of drug-likeness (QED) is 0.708. The maximum Gasteiger partial charge on any atom is -0.00147 e. The van der Waals surface area contributed by atoms with Crippen molar-refractivity contribution >= 4 is 0 Å². The molecule has 21 heavy (non-hydrogen) atoms. The number of nitrogens with one attached hydrogen (secondary N) is 1. The molecule has 1 aromatic carbocycles. The minimum absolute atomic E-state index is 0.757. The molecule has 0 bridgehead atoms. The monoisotopic (exact) mass is 287 g/mol. The summed E-state index contributed by atoms with van der Waals surface area (Å²) in [6.45, 7) is 11.5. The summed E-state index contributed by atoms with van der Waals surface area (Å²) in [5.74, 6) is 2.50. The molecular formula is C20H33N. The summed E-state index contributed by atoms with van der Waals surface area (Å²) in [7, 11) is 0. The lowest BCUT2D eigenvalue weighted by molar-refractivity contribution is 0.225. The Labute approximate surface area is 131 Å². The normalized spacial score (nSPS) is 26.0. The molecular weight excluding hydrogens is 254 g/mol. The van der Waals surface area contributed by atoms with Crippen LogP contribution in [0.25, 0.3) is 0 Å². The second-order valence-electron chi connectivity index (χ2n) is 7.02. The molecule has 0 aromatic heterocycles. The molecule has 0 spiro atoms. The number of hydrogen-bond donors (Lipinski definition) is 1. The van der Waals surface area contributed by atoms with Gasteiger partial charge >= 0.3 is 0 Å². The second kappa shape index (κ2) is 7.98. The van der Waals surface area contributed by atoms with E-state index in [0.29, 0.717) is 0 Å². The van der Waals surface area contributed by atoms with Crippen molar-refractivity contribution in [3.8, 4) is 0 Å². The maximum atomic E-state index is 3.67. The minimum Gasteiger partial charge on any atom is -0.316 e. The molecule has 3 atom stereocenters. The maximum absolute atomic E-state index is 3.67. The lowest BCUT2D eigenvalue weighted by Gasteiger charge is -2.37. The first-order valence-electron chi connectivity index (χ1n) is 8.93.